The van der Waals surface area contributed by atoms with Crippen LogP contribution in [0, 0.1) is 11.8 Å². The van der Waals surface area contributed by atoms with Gasteiger partial charge in [0.15, 0.2) is 5.69 Å². The van der Waals surface area contributed by atoms with E-state index in [0.717, 1.165) is 10.6 Å². The van der Waals surface area contributed by atoms with Crippen molar-refractivity contribution in [1.29, 1.82) is 0 Å². The van der Waals surface area contributed by atoms with Crippen molar-refractivity contribution in [2.75, 3.05) is 19.8 Å². The molecule has 0 saturated carbocycles. The molecule has 3 heterocycles. The molecule has 0 aliphatic carbocycles. The number of amides is 1. The summed E-state index contributed by atoms with van der Waals surface area (Å²) in [4.78, 5) is 24.7. The minimum atomic E-state index is -0.886. The lowest BCUT2D eigenvalue weighted by molar-refractivity contribution is -0.144. The molecule has 0 aromatic carbocycles. The zero-order chi connectivity index (χ0) is 16.9. The molecule has 7 nitrogen and oxygen atoms in total. The molecule has 1 aliphatic rings. The van der Waals surface area contributed by atoms with E-state index in [4.69, 9.17) is 4.74 Å². The van der Waals surface area contributed by atoms with Crippen molar-refractivity contribution < 1.29 is 19.4 Å². The fourth-order valence-electron chi connectivity index (χ4n) is 2.86. The van der Waals surface area contributed by atoms with Crippen molar-refractivity contribution in [2.24, 2.45) is 11.8 Å². The quantitative estimate of drug-likeness (QED) is 0.740. The van der Waals surface area contributed by atoms with Crippen LogP contribution >= 0.6 is 11.3 Å². The molecule has 2 aromatic rings. The SMILES string of the molecule is O=C(NCC(C(=O)O)C1CCOCC1)c1cc(-c2cccs2)[nH]n1. The van der Waals surface area contributed by atoms with Crippen molar-refractivity contribution in [1.82, 2.24) is 15.5 Å². The predicted octanol–water partition coefficient (Wildman–Crippen LogP) is 2.00. The summed E-state index contributed by atoms with van der Waals surface area (Å²) in [6.45, 7) is 1.25. The first-order valence-corrected chi connectivity index (χ1v) is 8.71. The molecule has 1 saturated heterocycles. The number of hydrogen-bond donors (Lipinski definition) is 3. The highest BCUT2D eigenvalue weighted by atomic mass is 32.1. The van der Waals surface area contributed by atoms with E-state index in [0.29, 0.717) is 26.1 Å². The second-order valence-corrected chi connectivity index (χ2v) is 6.70. The maximum absolute atomic E-state index is 12.2. The van der Waals surface area contributed by atoms with Crippen LogP contribution in [0.2, 0.25) is 0 Å². The van der Waals surface area contributed by atoms with Gasteiger partial charge in [0.1, 0.15) is 0 Å². The van der Waals surface area contributed by atoms with Crippen LogP contribution in [-0.4, -0.2) is 46.9 Å². The summed E-state index contributed by atoms with van der Waals surface area (Å²) >= 11 is 1.55. The average molecular weight is 349 g/mol. The Kier molecular flexibility index (Phi) is 5.27. The number of rotatable bonds is 6. The summed E-state index contributed by atoms with van der Waals surface area (Å²) < 4.78 is 5.27. The maximum Gasteiger partial charge on any atom is 0.308 e. The van der Waals surface area contributed by atoms with Crippen LogP contribution < -0.4 is 5.32 Å². The zero-order valence-corrected chi connectivity index (χ0v) is 13.8. The normalized spacial score (nSPS) is 16.7. The highest BCUT2D eigenvalue weighted by molar-refractivity contribution is 7.13. The number of carboxylic acids is 1. The lowest BCUT2D eigenvalue weighted by Gasteiger charge is -2.27. The second kappa shape index (κ2) is 7.59. The second-order valence-electron chi connectivity index (χ2n) is 5.75. The van der Waals surface area contributed by atoms with Gasteiger partial charge in [0.25, 0.3) is 5.91 Å². The van der Waals surface area contributed by atoms with Crippen LogP contribution in [-0.2, 0) is 9.53 Å². The van der Waals surface area contributed by atoms with E-state index < -0.39 is 11.9 Å². The first-order chi connectivity index (χ1) is 11.6. The summed E-state index contributed by atoms with van der Waals surface area (Å²) in [5, 5.41) is 20.9. The van der Waals surface area contributed by atoms with E-state index >= 15 is 0 Å². The number of aromatic amines is 1. The Morgan fingerprint density at radius 3 is 2.92 bits per heavy atom. The molecular formula is C16H19N3O4S. The summed E-state index contributed by atoms with van der Waals surface area (Å²) in [5.41, 5.74) is 1.03. The third kappa shape index (κ3) is 3.82. The maximum atomic E-state index is 12.2. The number of aliphatic carboxylic acids is 1. The number of carbonyl (C=O) groups is 2. The number of aromatic nitrogens is 2. The summed E-state index contributed by atoms with van der Waals surface area (Å²) in [6, 6.07) is 5.53. The third-order valence-electron chi connectivity index (χ3n) is 4.23. The van der Waals surface area contributed by atoms with Crippen LogP contribution in [0.5, 0.6) is 0 Å². The summed E-state index contributed by atoms with van der Waals surface area (Å²) in [6.07, 6.45) is 1.41. The van der Waals surface area contributed by atoms with Crippen LogP contribution in [0.15, 0.2) is 23.6 Å². The Labute approximate surface area is 143 Å². The van der Waals surface area contributed by atoms with E-state index in [9.17, 15) is 14.7 Å². The summed E-state index contributed by atoms with van der Waals surface area (Å²) in [7, 11) is 0. The van der Waals surface area contributed by atoms with Gasteiger partial charge in [0.05, 0.1) is 16.5 Å². The Bertz CT molecular complexity index is 692. The molecule has 1 atom stereocenters. The van der Waals surface area contributed by atoms with E-state index in [1.165, 1.54) is 0 Å². The van der Waals surface area contributed by atoms with Gasteiger partial charge in [0.2, 0.25) is 0 Å². The smallest absolute Gasteiger partial charge is 0.308 e. The summed E-state index contributed by atoms with van der Waals surface area (Å²) in [5.74, 6) is -1.83. The average Bonchev–Trinajstić information content (AvgIpc) is 3.27. The number of nitrogens with one attached hydrogen (secondary N) is 2. The number of carbonyl (C=O) groups excluding carboxylic acids is 1. The van der Waals surface area contributed by atoms with Crippen LogP contribution in [0.4, 0.5) is 0 Å². The molecule has 1 amide bonds. The standard InChI is InChI=1S/C16H19N3O4S/c20-15(13-8-12(18-19-13)14-2-1-7-24-14)17-9-11(16(21)22)10-3-5-23-6-4-10/h1-2,7-8,10-11H,3-6,9H2,(H,17,20)(H,18,19)(H,21,22). The number of nitrogens with zero attached hydrogens (tertiary/aromatic N) is 1. The molecule has 0 bridgehead atoms. The minimum Gasteiger partial charge on any atom is -0.481 e. The highest BCUT2D eigenvalue weighted by Gasteiger charge is 2.30. The van der Waals surface area contributed by atoms with Gasteiger partial charge in [-0.05, 0) is 36.3 Å². The van der Waals surface area contributed by atoms with Crippen molar-refractivity contribution >= 4 is 23.2 Å². The molecule has 24 heavy (non-hydrogen) atoms. The number of thiophene rings is 1. The van der Waals surface area contributed by atoms with Gasteiger partial charge in [-0.1, -0.05) is 6.07 Å². The van der Waals surface area contributed by atoms with Crippen LogP contribution in [0.1, 0.15) is 23.3 Å². The first kappa shape index (κ1) is 16.7. The Morgan fingerprint density at radius 2 is 2.25 bits per heavy atom. The van der Waals surface area contributed by atoms with Gasteiger partial charge < -0.3 is 15.2 Å². The number of ether oxygens (including phenoxy) is 1. The number of hydrogen-bond acceptors (Lipinski definition) is 5. The zero-order valence-electron chi connectivity index (χ0n) is 13.0. The van der Waals surface area contributed by atoms with Gasteiger partial charge in [-0.3, -0.25) is 14.7 Å². The number of carboxylic acid groups (broad SMARTS) is 1. The molecule has 2 aromatic heterocycles. The fraction of sp³-hybridized carbons (Fsp3) is 0.438. The number of H-pyrrole nitrogens is 1. The van der Waals surface area contributed by atoms with Gasteiger partial charge in [-0.15, -0.1) is 11.3 Å². The van der Waals surface area contributed by atoms with Crippen LogP contribution in [0.25, 0.3) is 10.6 Å². The third-order valence-corrected chi connectivity index (χ3v) is 5.14. The van der Waals surface area contributed by atoms with Crippen molar-refractivity contribution in [3.8, 4) is 10.6 Å². The van der Waals surface area contributed by atoms with Crippen molar-refractivity contribution in [3.63, 3.8) is 0 Å². The molecule has 3 N–H and O–H groups in total. The highest BCUT2D eigenvalue weighted by Crippen LogP contribution is 2.24. The minimum absolute atomic E-state index is 0.0254. The van der Waals surface area contributed by atoms with Crippen LogP contribution in [0.3, 0.4) is 0 Å². The van der Waals surface area contributed by atoms with Gasteiger partial charge in [-0.2, -0.15) is 5.10 Å². The molecule has 0 spiro atoms. The van der Waals surface area contributed by atoms with Gasteiger partial charge in [-0.25, -0.2) is 0 Å². The fourth-order valence-corrected chi connectivity index (χ4v) is 3.56. The Hall–Kier alpha value is -2.19. The molecule has 1 unspecified atom stereocenters. The largest absolute Gasteiger partial charge is 0.481 e. The topological polar surface area (TPSA) is 104 Å². The van der Waals surface area contributed by atoms with Crippen molar-refractivity contribution in [2.45, 2.75) is 12.8 Å². The molecule has 3 rings (SSSR count). The predicted molar refractivity (Wildman–Crippen MR) is 88.9 cm³/mol. The van der Waals surface area contributed by atoms with E-state index in [1.807, 2.05) is 17.5 Å². The van der Waals surface area contributed by atoms with Gasteiger partial charge in [0, 0.05) is 19.8 Å². The van der Waals surface area contributed by atoms with E-state index in [-0.39, 0.29) is 24.1 Å². The van der Waals surface area contributed by atoms with E-state index in [1.54, 1.807) is 17.4 Å². The molecule has 0 radical (unpaired) electrons. The molecule has 128 valence electrons. The molecular weight excluding hydrogens is 330 g/mol. The first-order valence-electron chi connectivity index (χ1n) is 7.83. The molecule has 1 fully saturated rings. The van der Waals surface area contributed by atoms with E-state index in [2.05, 4.69) is 15.5 Å². The molecule has 8 heteroatoms. The lowest BCUT2D eigenvalue weighted by atomic mass is 9.86. The Morgan fingerprint density at radius 1 is 1.46 bits per heavy atom. The van der Waals surface area contributed by atoms with Gasteiger partial charge >= 0.3 is 5.97 Å². The lowest BCUT2D eigenvalue weighted by Crippen LogP contribution is -2.39. The monoisotopic (exact) mass is 349 g/mol. The molecule has 1 aliphatic heterocycles. The van der Waals surface area contributed by atoms with Crippen molar-refractivity contribution in [3.05, 3.63) is 29.3 Å². The Balaban J connectivity index is 1.60.